The molecule has 1 fully saturated rings. The highest BCUT2D eigenvalue weighted by atomic mass is 16.6. The summed E-state index contributed by atoms with van der Waals surface area (Å²) >= 11 is 0. The quantitative estimate of drug-likeness (QED) is 0.190. The molecular weight excluding hydrogens is 522 g/mol. The van der Waals surface area contributed by atoms with Crippen LogP contribution in [0.4, 0.5) is 4.79 Å². The van der Waals surface area contributed by atoms with Gasteiger partial charge in [-0.25, -0.2) is 4.79 Å². The van der Waals surface area contributed by atoms with E-state index in [1.807, 2.05) is 56.3 Å². The number of methoxy groups -OCH3 is 2. The van der Waals surface area contributed by atoms with E-state index in [9.17, 15) is 9.59 Å². The van der Waals surface area contributed by atoms with Crippen molar-refractivity contribution in [1.82, 2.24) is 5.32 Å². The molecule has 8 nitrogen and oxygen atoms in total. The van der Waals surface area contributed by atoms with Crippen LogP contribution in [0.2, 0.25) is 0 Å². The van der Waals surface area contributed by atoms with Gasteiger partial charge < -0.3 is 29.0 Å². The summed E-state index contributed by atoms with van der Waals surface area (Å²) in [6.45, 7) is 9.74. The summed E-state index contributed by atoms with van der Waals surface area (Å²) in [5.74, 6) is 1.69. The largest absolute Gasteiger partial charge is 0.493 e. The number of cyclic esters (lactones) is 1. The van der Waals surface area contributed by atoms with E-state index < -0.39 is 12.2 Å². The van der Waals surface area contributed by atoms with Crippen LogP contribution in [0.5, 0.6) is 11.5 Å². The predicted octanol–water partition coefficient (Wildman–Crippen LogP) is 6.20. The molecule has 1 aliphatic rings. The average molecular weight is 570 g/mol. The van der Waals surface area contributed by atoms with E-state index in [2.05, 4.69) is 25.2 Å². The smallest absolute Gasteiger partial charge is 0.407 e. The Morgan fingerprint density at radius 2 is 1.76 bits per heavy atom. The fraction of sp³-hybridized carbons (Fsp3) is 0.576. The molecule has 1 saturated heterocycles. The summed E-state index contributed by atoms with van der Waals surface area (Å²) < 4.78 is 28.0. The van der Waals surface area contributed by atoms with Crippen molar-refractivity contribution in [1.29, 1.82) is 0 Å². The molecule has 0 bridgehead atoms. The number of rotatable bonds is 16. The van der Waals surface area contributed by atoms with Crippen LogP contribution in [-0.2, 0) is 32.0 Å². The first kappa shape index (κ1) is 32.3. The molecule has 0 unspecified atom stereocenters. The molecule has 41 heavy (non-hydrogen) atoms. The van der Waals surface area contributed by atoms with Crippen LogP contribution < -0.4 is 14.8 Å². The molecule has 1 aliphatic heterocycles. The van der Waals surface area contributed by atoms with Gasteiger partial charge in [0.15, 0.2) is 11.5 Å². The van der Waals surface area contributed by atoms with E-state index in [4.69, 9.17) is 23.7 Å². The van der Waals surface area contributed by atoms with Crippen molar-refractivity contribution >= 4 is 12.1 Å². The average Bonchev–Trinajstić information content (AvgIpc) is 3.36. The lowest BCUT2D eigenvalue weighted by atomic mass is 9.81. The van der Waals surface area contributed by atoms with E-state index in [1.54, 1.807) is 14.2 Å². The predicted molar refractivity (Wildman–Crippen MR) is 158 cm³/mol. The number of amides is 1. The number of carbonyl (C=O) groups excluding carboxylic acids is 2. The number of ether oxygens (including phenoxy) is 5. The van der Waals surface area contributed by atoms with Crippen molar-refractivity contribution in [3.8, 4) is 11.5 Å². The number of benzene rings is 2. The van der Waals surface area contributed by atoms with Crippen molar-refractivity contribution in [2.75, 3.05) is 27.4 Å². The van der Waals surface area contributed by atoms with Gasteiger partial charge in [0.1, 0.15) is 12.7 Å². The van der Waals surface area contributed by atoms with Gasteiger partial charge in [-0.05, 0) is 60.3 Å². The first-order valence-corrected chi connectivity index (χ1v) is 14.7. The molecule has 226 valence electrons. The summed E-state index contributed by atoms with van der Waals surface area (Å²) in [5, 5.41) is 3.05. The molecule has 0 saturated carbocycles. The Kier molecular flexibility index (Phi) is 12.8. The lowest BCUT2D eigenvalue weighted by molar-refractivity contribution is -0.146. The zero-order valence-corrected chi connectivity index (χ0v) is 25.4. The highest BCUT2D eigenvalue weighted by Crippen LogP contribution is 2.34. The Morgan fingerprint density at radius 1 is 1.00 bits per heavy atom. The van der Waals surface area contributed by atoms with Gasteiger partial charge in [0, 0.05) is 20.1 Å². The van der Waals surface area contributed by atoms with Crippen molar-refractivity contribution < 1.29 is 33.3 Å². The van der Waals surface area contributed by atoms with Crippen LogP contribution in [0.3, 0.4) is 0 Å². The molecule has 4 atom stereocenters. The van der Waals surface area contributed by atoms with Crippen LogP contribution in [0.25, 0.3) is 0 Å². The van der Waals surface area contributed by atoms with Crippen LogP contribution >= 0.6 is 0 Å². The number of alkyl carbamates (subject to hydrolysis) is 1. The van der Waals surface area contributed by atoms with Gasteiger partial charge in [-0.15, -0.1) is 0 Å². The summed E-state index contributed by atoms with van der Waals surface area (Å²) in [6, 6.07) is 15.2. The van der Waals surface area contributed by atoms with Gasteiger partial charge in [0.05, 0.1) is 25.7 Å². The fourth-order valence-corrected chi connectivity index (χ4v) is 5.21. The molecule has 0 aromatic heterocycles. The monoisotopic (exact) mass is 569 g/mol. The number of hydrogen-bond acceptors (Lipinski definition) is 7. The molecule has 1 amide bonds. The van der Waals surface area contributed by atoms with E-state index >= 15 is 0 Å². The molecule has 1 N–H and O–H groups in total. The Morgan fingerprint density at radius 3 is 2.39 bits per heavy atom. The third-order valence-corrected chi connectivity index (χ3v) is 7.80. The number of hydrogen-bond donors (Lipinski definition) is 1. The zero-order chi connectivity index (χ0) is 29.8. The topological polar surface area (TPSA) is 92.3 Å². The first-order valence-electron chi connectivity index (χ1n) is 14.7. The third kappa shape index (κ3) is 9.95. The zero-order valence-electron chi connectivity index (χ0n) is 25.4. The fourth-order valence-electron chi connectivity index (χ4n) is 5.21. The minimum Gasteiger partial charge on any atom is -0.493 e. The Labute approximate surface area is 245 Å². The Balaban J connectivity index is 1.75. The molecule has 3 rings (SSSR count). The molecular formula is C33H47NO7. The lowest BCUT2D eigenvalue weighted by Gasteiger charge is -2.30. The molecule has 0 spiro atoms. The second kappa shape index (κ2) is 16.2. The molecule has 1 heterocycles. The van der Waals surface area contributed by atoms with Gasteiger partial charge in [-0.3, -0.25) is 4.79 Å². The standard InChI is InChI=1S/C33H47NO7/c1-22(2)26(17-25-13-14-29(38-6)31(18-25)39-16-10-15-37-5)19-28(30-20-27(23(3)4)32(35)41-30)34-33(36)40-21-24-11-8-7-9-12-24/h7-9,11-14,18,22-23,26-28,30H,10,15-17,19-21H2,1-6H3,(H,34,36)/t26-,27-,28-,30-/m0/s1. The minimum absolute atomic E-state index is 0.167. The van der Waals surface area contributed by atoms with Crippen LogP contribution in [-0.4, -0.2) is 51.6 Å². The van der Waals surface area contributed by atoms with E-state index in [-0.39, 0.29) is 36.4 Å². The molecule has 2 aromatic carbocycles. The highest BCUT2D eigenvalue weighted by Gasteiger charge is 2.42. The summed E-state index contributed by atoms with van der Waals surface area (Å²) in [6.07, 6.45) is 1.84. The minimum atomic E-state index is -0.512. The van der Waals surface area contributed by atoms with Gasteiger partial charge in [0.25, 0.3) is 0 Å². The second-order valence-corrected chi connectivity index (χ2v) is 11.5. The van der Waals surface area contributed by atoms with Crippen molar-refractivity contribution in [3.05, 3.63) is 59.7 Å². The van der Waals surface area contributed by atoms with Crippen molar-refractivity contribution in [3.63, 3.8) is 0 Å². The summed E-state index contributed by atoms with van der Waals surface area (Å²) in [5.41, 5.74) is 2.02. The highest BCUT2D eigenvalue weighted by molar-refractivity contribution is 5.75. The SMILES string of the molecule is COCCCOc1cc(C[C@@H](C[C@H](NC(=O)OCc2ccccc2)[C@@H]2C[C@@H](C(C)C)C(=O)O2)C(C)C)ccc1OC. The van der Waals surface area contributed by atoms with Crippen molar-refractivity contribution in [2.45, 2.75) is 72.1 Å². The van der Waals surface area contributed by atoms with E-state index in [1.165, 1.54) is 0 Å². The van der Waals surface area contributed by atoms with Gasteiger partial charge in [-0.1, -0.05) is 64.1 Å². The first-order chi connectivity index (χ1) is 19.7. The lowest BCUT2D eigenvalue weighted by Crippen LogP contribution is -2.45. The van der Waals surface area contributed by atoms with Gasteiger partial charge >= 0.3 is 12.1 Å². The maximum Gasteiger partial charge on any atom is 0.407 e. The number of carbonyl (C=O) groups is 2. The molecule has 0 aliphatic carbocycles. The van der Waals surface area contributed by atoms with Gasteiger partial charge in [0.2, 0.25) is 0 Å². The third-order valence-electron chi connectivity index (χ3n) is 7.80. The number of nitrogens with one attached hydrogen (secondary N) is 1. The molecule has 0 radical (unpaired) electrons. The Hall–Kier alpha value is -3.26. The summed E-state index contributed by atoms with van der Waals surface area (Å²) in [4.78, 5) is 25.6. The molecule has 8 heteroatoms. The van der Waals surface area contributed by atoms with Crippen molar-refractivity contribution in [2.24, 2.45) is 23.7 Å². The summed E-state index contributed by atoms with van der Waals surface area (Å²) in [7, 11) is 3.31. The van der Waals surface area contributed by atoms with E-state index in [0.29, 0.717) is 43.5 Å². The van der Waals surface area contributed by atoms with Crippen LogP contribution in [0.1, 0.15) is 58.1 Å². The van der Waals surface area contributed by atoms with Crippen LogP contribution in [0.15, 0.2) is 48.5 Å². The maximum atomic E-state index is 12.9. The maximum absolute atomic E-state index is 12.9. The van der Waals surface area contributed by atoms with E-state index in [0.717, 1.165) is 24.0 Å². The van der Waals surface area contributed by atoms with Crippen LogP contribution in [0, 0.1) is 23.7 Å². The number of esters is 1. The Bertz CT molecular complexity index is 1090. The normalized spacial score (nSPS) is 18.2. The molecule has 2 aromatic rings. The van der Waals surface area contributed by atoms with Gasteiger partial charge in [-0.2, -0.15) is 0 Å². The second-order valence-electron chi connectivity index (χ2n) is 11.5.